The number of carbonyl (C=O) groups is 1. The summed E-state index contributed by atoms with van der Waals surface area (Å²) in [5.41, 5.74) is 14.3. The van der Waals surface area contributed by atoms with Crippen molar-refractivity contribution in [1.29, 1.82) is 0 Å². The Labute approximate surface area is 186 Å². The summed E-state index contributed by atoms with van der Waals surface area (Å²) in [6.45, 7) is 4.55. The van der Waals surface area contributed by atoms with Gasteiger partial charge in [-0.3, -0.25) is 0 Å². The van der Waals surface area contributed by atoms with Crippen LogP contribution in [0.4, 0.5) is 11.4 Å². The first-order valence-corrected chi connectivity index (χ1v) is 11.3. The van der Waals surface area contributed by atoms with Crippen molar-refractivity contribution in [2.24, 2.45) is 0 Å². The van der Waals surface area contributed by atoms with Crippen LogP contribution >= 0.6 is 0 Å². The van der Waals surface area contributed by atoms with E-state index in [2.05, 4.69) is 13.8 Å². The van der Waals surface area contributed by atoms with Gasteiger partial charge in [-0.1, -0.05) is 51.7 Å². The number of hydrogen-bond acceptors (Lipinski definition) is 5. The molecule has 0 aliphatic rings. The highest BCUT2D eigenvalue weighted by Gasteiger charge is 2.09. The molecule has 0 bridgehead atoms. The highest BCUT2D eigenvalue weighted by Crippen LogP contribution is 2.20. The predicted molar refractivity (Wildman–Crippen MR) is 129 cm³/mol. The summed E-state index contributed by atoms with van der Waals surface area (Å²) in [6, 6.07) is 12.9. The Morgan fingerprint density at radius 3 is 2.29 bits per heavy atom. The van der Waals surface area contributed by atoms with E-state index in [1.54, 1.807) is 24.3 Å². The van der Waals surface area contributed by atoms with E-state index in [4.69, 9.17) is 20.9 Å². The zero-order valence-electron chi connectivity index (χ0n) is 18.8. The molecule has 5 heteroatoms. The average molecular weight is 425 g/mol. The minimum atomic E-state index is -0.420. The van der Waals surface area contributed by atoms with Crippen molar-refractivity contribution in [2.45, 2.75) is 71.5 Å². The van der Waals surface area contributed by atoms with Gasteiger partial charge in [0.25, 0.3) is 0 Å². The topological polar surface area (TPSA) is 87.6 Å². The fraction of sp³-hybridized carbons (Fsp3) is 0.423. The fourth-order valence-corrected chi connectivity index (χ4v) is 3.43. The number of benzene rings is 2. The second kappa shape index (κ2) is 13.4. The molecule has 2 aromatic rings. The van der Waals surface area contributed by atoms with Crippen molar-refractivity contribution in [2.75, 3.05) is 11.5 Å². The summed E-state index contributed by atoms with van der Waals surface area (Å²) < 4.78 is 11.4. The first-order valence-electron chi connectivity index (χ1n) is 11.3. The molecule has 0 fully saturated rings. The number of ether oxygens (including phenoxy) is 2. The van der Waals surface area contributed by atoms with Gasteiger partial charge >= 0.3 is 5.97 Å². The van der Waals surface area contributed by atoms with Crippen molar-refractivity contribution in [3.63, 3.8) is 0 Å². The van der Waals surface area contributed by atoms with Crippen LogP contribution in [0.1, 0.15) is 69.9 Å². The van der Waals surface area contributed by atoms with Crippen LogP contribution in [0.3, 0.4) is 0 Å². The molecule has 0 saturated heterocycles. The number of unbranched alkanes of at least 4 members (excludes halogenated alkanes) is 3. The highest BCUT2D eigenvalue weighted by atomic mass is 16.5. The van der Waals surface area contributed by atoms with Crippen LogP contribution < -0.4 is 16.2 Å². The molecule has 0 aromatic heterocycles. The molecule has 31 heavy (non-hydrogen) atoms. The van der Waals surface area contributed by atoms with E-state index in [1.165, 1.54) is 31.8 Å². The number of nitrogens with two attached hydrogens (primary N) is 2. The Balaban J connectivity index is 1.83. The maximum absolute atomic E-state index is 12.0. The lowest BCUT2D eigenvalue weighted by Crippen LogP contribution is -2.16. The molecule has 0 radical (unpaired) electrons. The van der Waals surface area contributed by atoms with E-state index in [0.717, 1.165) is 36.1 Å². The number of nitrogen functional groups attached to an aromatic ring is 2. The molecule has 0 aliphatic heterocycles. The predicted octanol–water partition coefficient (Wildman–Crippen LogP) is 6.13. The van der Waals surface area contributed by atoms with Crippen molar-refractivity contribution < 1.29 is 14.3 Å². The third-order valence-electron chi connectivity index (χ3n) is 5.00. The molecule has 4 N–H and O–H groups in total. The van der Waals surface area contributed by atoms with E-state index in [-0.39, 0.29) is 12.7 Å². The molecule has 0 amide bonds. The molecule has 168 valence electrons. The summed E-state index contributed by atoms with van der Waals surface area (Å²) in [5.74, 6) is 0.448. The SMILES string of the molecule is CCCCCCC(CCC)Oc1ccc(C=CC(=O)OCc2cc(N)cc(N)c2)cc1. The maximum Gasteiger partial charge on any atom is 0.331 e. The van der Waals surface area contributed by atoms with Crippen LogP contribution in [-0.4, -0.2) is 12.1 Å². The van der Waals surface area contributed by atoms with Gasteiger partial charge in [0.2, 0.25) is 0 Å². The second-order valence-corrected chi connectivity index (χ2v) is 7.90. The van der Waals surface area contributed by atoms with Gasteiger partial charge in [-0.05, 0) is 66.8 Å². The number of rotatable bonds is 13. The summed E-state index contributed by atoms with van der Waals surface area (Å²) in [7, 11) is 0. The van der Waals surface area contributed by atoms with Gasteiger partial charge in [-0.15, -0.1) is 0 Å². The number of carbonyl (C=O) groups excluding carboxylic acids is 1. The summed E-state index contributed by atoms with van der Waals surface area (Å²) in [6.07, 6.45) is 11.7. The number of esters is 1. The zero-order chi connectivity index (χ0) is 22.5. The Kier molecular flexibility index (Phi) is 10.5. The van der Waals surface area contributed by atoms with Gasteiger partial charge in [-0.2, -0.15) is 0 Å². The van der Waals surface area contributed by atoms with Gasteiger partial charge in [-0.25, -0.2) is 4.79 Å². The molecule has 5 nitrogen and oxygen atoms in total. The largest absolute Gasteiger partial charge is 0.490 e. The zero-order valence-corrected chi connectivity index (χ0v) is 18.8. The second-order valence-electron chi connectivity index (χ2n) is 7.90. The highest BCUT2D eigenvalue weighted by molar-refractivity contribution is 5.87. The fourth-order valence-electron chi connectivity index (χ4n) is 3.43. The van der Waals surface area contributed by atoms with Crippen LogP contribution in [0, 0.1) is 0 Å². The van der Waals surface area contributed by atoms with Gasteiger partial charge < -0.3 is 20.9 Å². The van der Waals surface area contributed by atoms with E-state index in [0.29, 0.717) is 11.4 Å². The van der Waals surface area contributed by atoms with Gasteiger partial charge in [0.05, 0.1) is 6.10 Å². The van der Waals surface area contributed by atoms with E-state index in [1.807, 2.05) is 24.3 Å². The van der Waals surface area contributed by atoms with Crippen LogP contribution in [0.5, 0.6) is 5.75 Å². The molecule has 0 spiro atoms. The lowest BCUT2D eigenvalue weighted by atomic mass is 10.1. The Bertz CT molecular complexity index is 811. The maximum atomic E-state index is 12.0. The third-order valence-corrected chi connectivity index (χ3v) is 5.00. The molecule has 0 saturated carbocycles. The molecule has 1 unspecified atom stereocenters. The first-order chi connectivity index (χ1) is 15.0. The lowest BCUT2D eigenvalue weighted by Gasteiger charge is -2.18. The van der Waals surface area contributed by atoms with Gasteiger partial charge in [0, 0.05) is 17.5 Å². The third kappa shape index (κ3) is 9.60. The molecule has 2 rings (SSSR count). The minimum absolute atomic E-state index is 0.127. The normalized spacial score (nSPS) is 12.1. The van der Waals surface area contributed by atoms with E-state index >= 15 is 0 Å². The molecule has 2 aromatic carbocycles. The monoisotopic (exact) mass is 424 g/mol. The molecule has 1 atom stereocenters. The van der Waals surface area contributed by atoms with Crippen molar-refractivity contribution in [3.05, 3.63) is 59.7 Å². The minimum Gasteiger partial charge on any atom is -0.490 e. The summed E-state index contributed by atoms with van der Waals surface area (Å²) in [5, 5.41) is 0. The lowest BCUT2D eigenvalue weighted by molar-refractivity contribution is -0.138. The number of hydrogen-bond donors (Lipinski definition) is 2. The van der Waals surface area contributed by atoms with Crippen LogP contribution in [-0.2, 0) is 16.1 Å². The van der Waals surface area contributed by atoms with Crippen LogP contribution in [0.25, 0.3) is 6.08 Å². The van der Waals surface area contributed by atoms with Crippen LogP contribution in [0.2, 0.25) is 0 Å². The van der Waals surface area contributed by atoms with Crippen molar-refractivity contribution in [1.82, 2.24) is 0 Å². The standard InChI is InChI=1S/C26H36N2O3/c1-3-5-6-7-9-24(8-4-2)31-25-13-10-20(11-14-25)12-15-26(29)30-19-21-16-22(27)18-23(28)17-21/h10-18,24H,3-9,19,27-28H2,1-2H3. The molecular formula is C26H36N2O3. The van der Waals surface area contributed by atoms with Gasteiger partial charge in [0.15, 0.2) is 0 Å². The Hall–Kier alpha value is -2.95. The Morgan fingerprint density at radius 1 is 0.935 bits per heavy atom. The molecular weight excluding hydrogens is 388 g/mol. The molecule has 0 heterocycles. The number of anilines is 2. The average Bonchev–Trinajstić information content (AvgIpc) is 2.74. The molecule has 0 aliphatic carbocycles. The van der Waals surface area contributed by atoms with Crippen molar-refractivity contribution in [3.8, 4) is 5.75 Å². The smallest absolute Gasteiger partial charge is 0.331 e. The van der Waals surface area contributed by atoms with E-state index in [9.17, 15) is 4.79 Å². The van der Waals surface area contributed by atoms with Crippen molar-refractivity contribution >= 4 is 23.4 Å². The quantitative estimate of drug-likeness (QED) is 0.175. The summed E-state index contributed by atoms with van der Waals surface area (Å²) in [4.78, 5) is 12.0. The van der Waals surface area contributed by atoms with Gasteiger partial charge in [0.1, 0.15) is 12.4 Å². The van der Waals surface area contributed by atoms with Crippen LogP contribution in [0.15, 0.2) is 48.5 Å². The Morgan fingerprint density at radius 2 is 1.65 bits per heavy atom. The first kappa shape index (κ1) is 24.3. The van der Waals surface area contributed by atoms with E-state index < -0.39 is 5.97 Å². The summed E-state index contributed by atoms with van der Waals surface area (Å²) >= 11 is 0.